The van der Waals surface area contributed by atoms with Crippen LogP contribution < -0.4 is 24.4 Å². The highest BCUT2D eigenvalue weighted by atomic mass is 35.5. The Kier molecular flexibility index (Phi) is 12.8. The molecule has 0 radical (unpaired) electrons. The van der Waals surface area contributed by atoms with Gasteiger partial charge in [-0.15, -0.1) is 0 Å². The molecular weight excluding hydrogens is 714 g/mol. The molecule has 1 atom stereocenters. The van der Waals surface area contributed by atoms with E-state index in [9.17, 15) is 14.4 Å². The van der Waals surface area contributed by atoms with E-state index in [0.29, 0.717) is 91.2 Å². The lowest BCUT2D eigenvalue weighted by molar-refractivity contribution is -0.135. The van der Waals surface area contributed by atoms with Crippen molar-refractivity contribution in [1.82, 2.24) is 30.3 Å². The summed E-state index contributed by atoms with van der Waals surface area (Å²) in [4.78, 5) is 51.1. The molecule has 1 unspecified atom stereocenters. The number of halogens is 1. The Labute approximate surface area is 320 Å². The third-order valence-corrected chi connectivity index (χ3v) is 10.3. The Balaban J connectivity index is 1.38. The molecule has 6 rings (SSSR count). The van der Waals surface area contributed by atoms with Crippen LogP contribution in [0.4, 0.5) is 5.82 Å². The average Bonchev–Trinajstić information content (AvgIpc) is 3.64. The molecule has 4 aromatic rings. The maximum atomic E-state index is 13.6. The van der Waals surface area contributed by atoms with E-state index in [1.54, 1.807) is 44.6 Å². The van der Waals surface area contributed by atoms with Gasteiger partial charge in [0.05, 0.1) is 53.1 Å². The molecule has 14 nitrogen and oxygen atoms in total. The van der Waals surface area contributed by atoms with Crippen molar-refractivity contribution in [3.8, 4) is 17.2 Å². The third-order valence-electron chi connectivity index (χ3n) is 10.1. The summed E-state index contributed by atoms with van der Waals surface area (Å²) in [6.07, 6.45) is 4.99. The number of ether oxygens (including phenoxy) is 4. The summed E-state index contributed by atoms with van der Waals surface area (Å²) in [6, 6.07) is 11.2. The lowest BCUT2D eigenvalue weighted by Crippen LogP contribution is -2.46. The second-order valence-corrected chi connectivity index (χ2v) is 14.2. The van der Waals surface area contributed by atoms with E-state index < -0.39 is 5.97 Å². The van der Waals surface area contributed by atoms with Gasteiger partial charge >= 0.3 is 5.97 Å². The first-order valence-corrected chi connectivity index (χ1v) is 18.6. The smallest absolute Gasteiger partial charge is 0.356 e. The predicted octanol–water partition coefficient (Wildman–Crippen LogP) is 4.62. The molecule has 4 heterocycles. The summed E-state index contributed by atoms with van der Waals surface area (Å²) in [6.45, 7) is 3.82. The number of hydrogen-bond acceptors (Lipinski definition) is 11. The number of nitrogens with zero attached hydrogens (tertiary/aromatic N) is 5. The van der Waals surface area contributed by atoms with Crippen molar-refractivity contribution in [3.63, 3.8) is 0 Å². The summed E-state index contributed by atoms with van der Waals surface area (Å²) in [5, 5.41) is 11.4. The molecule has 2 aliphatic heterocycles. The number of amides is 2. The number of nitrogens with one attached hydrogen (secondary N) is 2. The standard InChI is InChI=1S/C39H48ClN7O7/c1-51-32-18-31-30(36(52-2)37(32)53-3)17-27-22-45(23-28-20-42-44-35(28)39(50)54-4)12-5-6-13-46(34(49)16-25-9-7-11-29(40)15-25)24-33(48)41-19-26-10-8-14-47(21-26)38(27)43-31/h7,9,11,15,17-18,20,26H,5-6,8,10,12-14,16,19,21-24H2,1-4H3,(H,41,48)(H,42,44). The van der Waals surface area contributed by atoms with Crippen molar-refractivity contribution < 1.29 is 33.3 Å². The maximum Gasteiger partial charge on any atom is 0.356 e. The van der Waals surface area contributed by atoms with Gasteiger partial charge in [0, 0.05) is 66.9 Å². The Morgan fingerprint density at radius 1 is 0.963 bits per heavy atom. The molecule has 2 N–H and O–H groups in total. The van der Waals surface area contributed by atoms with Crippen molar-refractivity contribution in [1.29, 1.82) is 0 Å². The lowest BCUT2D eigenvalue weighted by Gasteiger charge is -2.36. The van der Waals surface area contributed by atoms with E-state index in [-0.39, 0.29) is 30.7 Å². The second-order valence-electron chi connectivity index (χ2n) is 13.7. The number of piperidine rings is 1. The number of fused-ring (bicyclic) bond motifs is 5. The molecule has 1 fully saturated rings. The van der Waals surface area contributed by atoms with Crippen LogP contribution in [0.15, 0.2) is 42.6 Å². The Bertz CT molecular complexity index is 1970. The molecule has 54 heavy (non-hydrogen) atoms. The summed E-state index contributed by atoms with van der Waals surface area (Å²) in [5.74, 6) is 1.69. The molecule has 2 aromatic heterocycles. The maximum absolute atomic E-state index is 13.6. The van der Waals surface area contributed by atoms with Crippen molar-refractivity contribution in [2.75, 3.05) is 72.6 Å². The molecule has 2 aromatic carbocycles. The monoisotopic (exact) mass is 761 g/mol. The van der Waals surface area contributed by atoms with Crippen LogP contribution in [0.1, 0.15) is 52.9 Å². The van der Waals surface area contributed by atoms with Gasteiger partial charge in [0.15, 0.2) is 11.5 Å². The van der Waals surface area contributed by atoms with Gasteiger partial charge in [0.25, 0.3) is 0 Å². The van der Waals surface area contributed by atoms with E-state index in [1.807, 2.05) is 18.2 Å². The fourth-order valence-corrected chi connectivity index (χ4v) is 7.61. The third kappa shape index (κ3) is 8.99. The highest BCUT2D eigenvalue weighted by Gasteiger charge is 2.28. The zero-order valence-corrected chi connectivity index (χ0v) is 32.0. The Hall–Kier alpha value is -5.08. The van der Waals surface area contributed by atoms with Crippen LogP contribution in [0.2, 0.25) is 5.02 Å². The van der Waals surface area contributed by atoms with Crippen LogP contribution in [-0.2, 0) is 33.8 Å². The first-order valence-electron chi connectivity index (χ1n) is 18.2. The van der Waals surface area contributed by atoms with Crippen LogP contribution in [0, 0.1) is 5.92 Å². The first-order chi connectivity index (χ1) is 26.2. The number of aromatic nitrogens is 3. The van der Waals surface area contributed by atoms with E-state index in [1.165, 1.54) is 7.11 Å². The number of aromatic amines is 1. The molecule has 0 saturated carbocycles. The number of hydrogen-bond donors (Lipinski definition) is 2. The zero-order chi connectivity index (χ0) is 38.2. The topological polar surface area (TPSA) is 151 Å². The van der Waals surface area contributed by atoms with Gasteiger partial charge in [0.2, 0.25) is 17.6 Å². The van der Waals surface area contributed by atoms with Crippen molar-refractivity contribution in [2.24, 2.45) is 5.92 Å². The van der Waals surface area contributed by atoms with E-state index in [4.69, 9.17) is 35.5 Å². The number of carbonyl (C=O) groups is 3. The fourth-order valence-electron chi connectivity index (χ4n) is 7.39. The van der Waals surface area contributed by atoms with Crippen LogP contribution in [-0.4, -0.2) is 110 Å². The molecule has 288 valence electrons. The van der Waals surface area contributed by atoms with E-state index in [2.05, 4.69) is 31.4 Å². The minimum atomic E-state index is -0.498. The van der Waals surface area contributed by atoms with Gasteiger partial charge in [0.1, 0.15) is 11.5 Å². The van der Waals surface area contributed by atoms with Gasteiger partial charge in [-0.2, -0.15) is 5.10 Å². The Morgan fingerprint density at radius 3 is 2.54 bits per heavy atom. The lowest BCUT2D eigenvalue weighted by atomic mass is 9.97. The number of rotatable bonds is 8. The summed E-state index contributed by atoms with van der Waals surface area (Å²) < 4.78 is 22.3. The van der Waals surface area contributed by atoms with Gasteiger partial charge in [-0.1, -0.05) is 23.7 Å². The van der Waals surface area contributed by atoms with Crippen LogP contribution >= 0.6 is 11.6 Å². The normalized spacial score (nSPS) is 17.4. The van der Waals surface area contributed by atoms with Crippen LogP contribution in [0.5, 0.6) is 17.2 Å². The molecular formula is C39H48ClN7O7. The number of carbonyl (C=O) groups excluding carboxylic acids is 3. The summed E-state index contributed by atoms with van der Waals surface area (Å²) >= 11 is 6.21. The van der Waals surface area contributed by atoms with Crippen molar-refractivity contribution in [3.05, 3.63) is 70.0 Å². The van der Waals surface area contributed by atoms with E-state index in [0.717, 1.165) is 41.7 Å². The molecule has 2 bridgehead atoms. The molecule has 0 aliphatic carbocycles. The van der Waals surface area contributed by atoms with Crippen molar-refractivity contribution >= 4 is 46.1 Å². The minimum absolute atomic E-state index is 0.0272. The van der Waals surface area contributed by atoms with Gasteiger partial charge in [-0.3, -0.25) is 19.6 Å². The molecule has 15 heteroatoms. The number of esters is 1. The highest BCUT2D eigenvalue weighted by molar-refractivity contribution is 6.30. The van der Waals surface area contributed by atoms with E-state index >= 15 is 0 Å². The highest BCUT2D eigenvalue weighted by Crippen LogP contribution is 2.44. The molecule has 2 aliphatic rings. The number of anilines is 1. The van der Waals surface area contributed by atoms with Crippen molar-refractivity contribution in [2.45, 2.75) is 45.2 Å². The van der Waals surface area contributed by atoms with Gasteiger partial charge in [-0.05, 0) is 61.9 Å². The quantitative estimate of drug-likeness (QED) is 0.242. The largest absolute Gasteiger partial charge is 0.493 e. The predicted molar refractivity (Wildman–Crippen MR) is 204 cm³/mol. The second kappa shape index (κ2) is 17.8. The zero-order valence-electron chi connectivity index (χ0n) is 31.3. The summed E-state index contributed by atoms with van der Waals surface area (Å²) in [5.41, 5.74) is 3.45. The van der Waals surface area contributed by atoms with Gasteiger partial charge < -0.3 is 34.1 Å². The SMILES string of the molecule is COC(=O)c1[nH]ncc1CN1CCCCN(C(=O)Cc2cccc(Cl)c2)CC(=O)NCC2CCCN(C2)c2nc3cc(OC)c(OC)c(OC)c3cc2C1. The first kappa shape index (κ1) is 38.6. The molecule has 1 saturated heterocycles. The minimum Gasteiger partial charge on any atom is -0.493 e. The van der Waals surface area contributed by atoms with Gasteiger partial charge in [-0.25, -0.2) is 9.78 Å². The van der Waals surface area contributed by atoms with Crippen LogP contribution in [0.3, 0.4) is 0 Å². The number of H-pyrrole nitrogens is 1. The summed E-state index contributed by atoms with van der Waals surface area (Å²) in [7, 11) is 6.10. The molecule has 0 spiro atoms. The van der Waals surface area contributed by atoms with Crippen LogP contribution in [0.25, 0.3) is 10.9 Å². The Morgan fingerprint density at radius 2 is 1.78 bits per heavy atom. The average molecular weight is 762 g/mol. The fraction of sp³-hybridized carbons (Fsp3) is 0.462. The number of benzene rings is 2. The number of methoxy groups -OCH3 is 4. The number of pyridine rings is 1. The molecule has 2 amide bonds.